The number of carbonyl (C=O) groups excluding carboxylic acids is 1. The largest absolute Gasteiger partial charge is 0.486 e. The van der Waals surface area contributed by atoms with Gasteiger partial charge in [0.15, 0.2) is 11.0 Å². The second-order valence-corrected chi connectivity index (χ2v) is 7.29. The fourth-order valence-corrected chi connectivity index (χ4v) is 3.61. The first-order chi connectivity index (χ1) is 13.2. The van der Waals surface area contributed by atoms with Crippen LogP contribution in [-0.2, 0) is 24.4 Å². The van der Waals surface area contributed by atoms with E-state index >= 15 is 0 Å². The number of anilines is 1. The zero-order valence-corrected chi connectivity index (χ0v) is 16.7. The predicted octanol–water partition coefficient (Wildman–Crippen LogP) is 3.02. The molecule has 2 aromatic heterocycles. The molecule has 1 amide bonds. The molecule has 3 aromatic rings. The van der Waals surface area contributed by atoms with Crippen molar-refractivity contribution in [1.29, 1.82) is 0 Å². The first-order valence-corrected chi connectivity index (χ1v) is 10.4. The van der Waals surface area contributed by atoms with Crippen molar-refractivity contribution < 1.29 is 9.53 Å². The summed E-state index contributed by atoms with van der Waals surface area (Å²) in [7, 11) is 0. The summed E-state index contributed by atoms with van der Waals surface area (Å²) in [6, 6.07) is 8.02. The van der Waals surface area contributed by atoms with E-state index in [1.165, 1.54) is 28.7 Å². The number of aryl methyl sites for hydroxylation is 1. The number of thioether (sulfide) groups is 1. The molecule has 0 spiro atoms. The fourth-order valence-electron chi connectivity index (χ4n) is 2.33. The Morgan fingerprint density at radius 1 is 1.22 bits per heavy atom. The molecule has 0 aliphatic carbocycles. The quantitative estimate of drug-likeness (QED) is 0.548. The second-order valence-electron chi connectivity index (χ2n) is 5.51. The molecular weight excluding hydrogens is 384 g/mol. The van der Waals surface area contributed by atoms with Gasteiger partial charge in [-0.25, -0.2) is 0 Å². The predicted molar refractivity (Wildman–Crippen MR) is 105 cm³/mol. The molecule has 1 N–H and O–H groups in total. The molecule has 0 unspecified atom stereocenters. The van der Waals surface area contributed by atoms with Crippen molar-refractivity contribution >= 4 is 34.1 Å². The summed E-state index contributed by atoms with van der Waals surface area (Å²) in [5.74, 6) is 1.58. The maximum Gasteiger partial charge on any atom is 0.236 e. The standard InChI is InChI=1S/C17H20N6O2S2/c1-3-12-5-7-13(8-6-12)25-9-14-20-22-17(23(14)4-2)26-10-15(24)19-16-21-18-11-27-16/h5-8,11H,3-4,9-10H2,1-2H3,(H,19,21,24). The Labute approximate surface area is 165 Å². The van der Waals surface area contributed by atoms with Gasteiger partial charge in [-0.2, -0.15) is 0 Å². The summed E-state index contributed by atoms with van der Waals surface area (Å²) in [4.78, 5) is 12.0. The zero-order valence-electron chi connectivity index (χ0n) is 15.1. The van der Waals surface area contributed by atoms with E-state index < -0.39 is 0 Å². The van der Waals surface area contributed by atoms with Gasteiger partial charge in [0, 0.05) is 6.54 Å². The fraction of sp³-hybridized carbons (Fsp3) is 0.353. The molecule has 142 valence electrons. The molecule has 10 heteroatoms. The molecule has 1 aromatic carbocycles. The topological polar surface area (TPSA) is 94.8 Å². The lowest BCUT2D eigenvalue weighted by Crippen LogP contribution is -2.14. The molecule has 0 aliphatic heterocycles. The Hall–Kier alpha value is -2.46. The van der Waals surface area contributed by atoms with Crippen LogP contribution >= 0.6 is 23.1 Å². The van der Waals surface area contributed by atoms with Crippen molar-refractivity contribution in [2.45, 2.75) is 38.6 Å². The van der Waals surface area contributed by atoms with Gasteiger partial charge in [0.25, 0.3) is 0 Å². The van der Waals surface area contributed by atoms with E-state index in [-0.39, 0.29) is 11.7 Å². The van der Waals surface area contributed by atoms with Crippen LogP contribution in [0.15, 0.2) is 34.9 Å². The number of ether oxygens (including phenoxy) is 1. The molecule has 0 saturated heterocycles. The van der Waals surface area contributed by atoms with Gasteiger partial charge in [0.1, 0.15) is 17.9 Å². The maximum atomic E-state index is 12.0. The van der Waals surface area contributed by atoms with Crippen molar-refractivity contribution in [2.75, 3.05) is 11.1 Å². The lowest BCUT2D eigenvalue weighted by Gasteiger charge is -2.09. The third-order valence-electron chi connectivity index (χ3n) is 3.75. The molecule has 27 heavy (non-hydrogen) atoms. The maximum absolute atomic E-state index is 12.0. The zero-order chi connectivity index (χ0) is 19.1. The van der Waals surface area contributed by atoms with E-state index in [0.29, 0.717) is 23.4 Å². The van der Waals surface area contributed by atoms with E-state index in [2.05, 4.69) is 44.8 Å². The van der Waals surface area contributed by atoms with Crippen LogP contribution in [0.2, 0.25) is 0 Å². The highest BCUT2D eigenvalue weighted by Crippen LogP contribution is 2.19. The number of hydrogen-bond donors (Lipinski definition) is 1. The smallest absolute Gasteiger partial charge is 0.236 e. The van der Waals surface area contributed by atoms with Gasteiger partial charge in [-0.3, -0.25) is 10.1 Å². The molecule has 0 atom stereocenters. The van der Waals surface area contributed by atoms with Crippen LogP contribution in [0.1, 0.15) is 25.2 Å². The van der Waals surface area contributed by atoms with Crippen molar-refractivity contribution in [3.05, 3.63) is 41.2 Å². The van der Waals surface area contributed by atoms with Crippen LogP contribution in [-0.4, -0.2) is 36.6 Å². The highest BCUT2D eigenvalue weighted by Gasteiger charge is 2.14. The Balaban J connectivity index is 1.56. The molecular formula is C17H20N6O2S2. The molecule has 0 fully saturated rings. The van der Waals surface area contributed by atoms with E-state index in [4.69, 9.17) is 4.74 Å². The molecule has 0 saturated carbocycles. The Bertz CT molecular complexity index is 864. The van der Waals surface area contributed by atoms with Crippen LogP contribution < -0.4 is 10.1 Å². The molecule has 3 rings (SSSR count). The second kappa shape index (κ2) is 9.47. The highest BCUT2D eigenvalue weighted by atomic mass is 32.2. The Morgan fingerprint density at radius 2 is 2.04 bits per heavy atom. The number of hydrogen-bond acceptors (Lipinski definition) is 8. The van der Waals surface area contributed by atoms with Gasteiger partial charge in [-0.1, -0.05) is 42.2 Å². The van der Waals surface area contributed by atoms with Crippen LogP contribution in [0.5, 0.6) is 5.75 Å². The van der Waals surface area contributed by atoms with Gasteiger partial charge in [-0.15, -0.1) is 20.4 Å². The third-order valence-corrected chi connectivity index (χ3v) is 5.32. The van der Waals surface area contributed by atoms with Crippen molar-refractivity contribution in [2.24, 2.45) is 0 Å². The van der Waals surface area contributed by atoms with Crippen LogP contribution in [0.25, 0.3) is 0 Å². The van der Waals surface area contributed by atoms with Gasteiger partial charge in [0.05, 0.1) is 5.75 Å². The number of carbonyl (C=O) groups is 1. The van der Waals surface area contributed by atoms with E-state index in [0.717, 1.165) is 18.0 Å². The number of nitrogens with one attached hydrogen (secondary N) is 1. The Kier molecular flexibility index (Phi) is 6.77. The minimum atomic E-state index is -0.156. The number of rotatable bonds is 9. The van der Waals surface area contributed by atoms with Gasteiger partial charge >= 0.3 is 0 Å². The van der Waals surface area contributed by atoms with Gasteiger partial charge in [-0.05, 0) is 31.0 Å². The number of amides is 1. The molecule has 2 heterocycles. The summed E-state index contributed by atoms with van der Waals surface area (Å²) < 4.78 is 7.77. The first kappa shape index (κ1) is 19.3. The summed E-state index contributed by atoms with van der Waals surface area (Å²) in [6.45, 7) is 5.14. The number of benzene rings is 1. The monoisotopic (exact) mass is 404 g/mol. The van der Waals surface area contributed by atoms with Crippen LogP contribution in [0.4, 0.5) is 5.13 Å². The minimum Gasteiger partial charge on any atom is -0.486 e. The lowest BCUT2D eigenvalue weighted by molar-refractivity contribution is -0.113. The summed E-state index contributed by atoms with van der Waals surface area (Å²) in [5.41, 5.74) is 2.84. The normalized spacial score (nSPS) is 10.7. The molecule has 0 radical (unpaired) electrons. The number of nitrogens with zero attached hydrogens (tertiary/aromatic N) is 5. The lowest BCUT2D eigenvalue weighted by atomic mass is 10.2. The van der Waals surface area contributed by atoms with Gasteiger partial charge < -0.3 is 9.30 Å². The van der Waals surface area contributed by atoms with Crippen LogP contribution in [0, 0.1) is 0 Å². The van der Waals surface area contributed by atoms with Crippen molar-refractivity contribution in [1.82, 2.24) is 25.0 Å². The van der Waals surface area contributed by atoms with Crippen molar-refractivity contribution in [3.8, 4) is 5.75 Å². The third kappa shape index (κ3) is 5.27. The van der Waals surface area contributed by atoms with E-state index in [1.807, 2.05) is 23.6 Å². The molecule has 8 nitrogen and oxygen atoms in total. The first-order valence-electron chi connectivity index (χ1n) is 8.52. The van der Waals surface area contributed by atoms with E-state index in [9.17, 15) is 4.79 Å². The average Bonchev–Trinajstić information content (AvgIpc) is 3.34. The van der Waals surface area contributed by atoms with Gasteiger partial charge in [0.2, 0.25) is 11.0 Å². The highest BCUT2D eigenvalue weighted by molar-refractivity contribution is 7.99. The van der Waals surface area contributed by atoms with Crippen LogP contribution in [0.3, 0.4) is 0 Å². The summed E-state index contributed by atoms with van der Waals surface area (Å²) in [5, 5.41) is 19.7. The SMILES string of the molecule is CCc1ccc(OCc2nnc(SCC(=O)Nc3nncs3)n2CC)cc1. The molecule has 0 bridgehead atoms. The summed E-state index contributed by atoms with van der Waals surface area (Å²) in [6.07, 6.45) is 0.998. The average molecular weight is 405 g/mol. The van der Waals surface area contributed by atoms with Crippen molar-refractivity contribution in [3.63, 3.8) is 0 Å². The minimum absolute atomic E-state index is 0.156. The van der Waals surface area contributed by atoms with E-state index in [1.54, 1.807) is 5.51 Å². The number of aromatic nitrogens is 5. The Morgan fingerprint density at radius 3 is 2.70 bits per heavy atom. The molecule has 0 aliphatic rings. The summed E-state index contributed by atoms with van der Waals surface area (Å²) >= 11 is 2.61.